The zero-order valence-corrected chi connectivity index (χ0v) is 10.9. The summed E-state index contributed by atoms with van der Waals surface area (Å²) in [7, 11) is 0. The van der Waals surface area contributed by atoms with Crippen LogP contribution in [0.15, 0.2) is 11.6 Å². The van der Waals surface area contributed by atoms with E-state index in [-0.39, 0.29) is 13.2 Å². The molecule has 0 saturated carbocycles. The van der Waals surface area contributed by atoms with Crippen molar-refractivity contribution in [1.29, 1.82) is 0 Å². The highest BCUT2D eigenvalue weighted by molar-refractivity contribution is 5.67. The summed E-state index contributed by atoms with van der Waals surface area (Å²) in [5.41, 5.74) is 0.425. The summed E-state index contributed by atoms with van der Waals surface area (Å²) in [5, 5.41) is 19.2. The van der Waals surface area contributed by atoms with Crippen molar-refractivity contribution >= 4 is 11.9 Å². The average molecular weight is 274 g/mol. The second-order valence-corrected chi connectivity index (χ2v) is 4.13. The van der Waals surface area contributed by atoms with Crippen molar-refractivity contribution in [2.45, 2.75) is 32.2 Å². The molecule has 7 nitrogen and oxygen atoms in total. The molecule has 108 valence electrons. The lowest BCUT2D eigenvalue weighted by molar-refractivity contribution is -0.157. The molecule has 1 aliphatic rings. The van der Waals surface area contributed by atoms with Crippen LogP contribution in [0.5, 0.6) is 0 Å². The highest BCUT2D eigenvalue weighted by Crippen LogP contribution is 2.20. The van der Waals surface area contributed by atoms with Crippen molar-refractivity contribution in [3.05, 3.63) is 11.6 Å². The summed E-state index contributed by atoms with van der Waals surface area (Å²) in [6.07, 6.45) is -1.53. The van der Waals surface area contributed by atoms with Gasteiger partial charge in [-0.05, 0) is 0 Å². The Bertz CT molecular complexity index is 363. The van der Waals surface area contributed by atoms with E-state index in [1.807, 2.05) is 0 Å². The van der Waals surface area contributed by atoms with Crippen LogP contribution in [0.1, 0.15) is 13.8 Å². The molecule has 0 aliphatic carbocycles. The quantitative estimate of drug-likeness (QED) is 0.509. The maximum Gasteiger partial charge on any atom is 0.303 e. The van der Waals surface area contributed by atoms with Gasteiger partial charge < -0.3 is 24.4 Å². The Hall–Kier alpha value is -1.44. The molecule has 3 atom stereocenters. The number of hydrogen-bond donors (Lipinski definition) is 2. The predicted molar refractivity (Wildman–Crippen MR) is 63.1 cm³/mol. The largest absolute Gasteiger partial charge is 0.461 e. The Morgan fingerprint density at radius 2 is 2.11 bits per heavy atom. The van der Waals surface area contributed by atoms with Crippen LogP contribution in [0.2, 0.25) is 0 Å². The fourth-order valence-electron chi connectivity index (χ4n) is 1.72. The number of rotatable bonds is 4. The Morgan fingerprint density at radius 3 is 2.63 bits per heavy atom. The molecular weight excluding hydrogens is 256 g/mol. The van der Waals surface area contributed by atoms with Gasteiger partial charge in [-0.15, -0.1) is 0 Å². The molecule has 2 N–H and O–H groups in total. The lowest BCUT2D eigenvalue weighted by atomic mass is 10.0. The van der Waals surface area contributed by atoms with Gasteiger partial charge in [0.25, 0.3) is 0 Å². The fourth-order valence-corrected chi connectivity index (χ4v) is 1.72. The second-order valence-electron chi connectivity index (χ2n) is 4.13. The molecule has 1 aliphatic heterocycles. The smallest absolute Gasteiger partial charge is 0.303 e. The van der Waals surface area contributed by atoms with Gasteiger partial charge in [0.2, 0.25) is 0 Å². The van der Waals surface area contributed by atoms with E-state index in [4.69, 9.17) is 19.3 Å². The Labute approximate surface area is 110 Å². The van der Waals surface area contributed by atoms with E-state index < -0.39 is 36.9 Å². The van der Waals surface area contributed by atoms with Crippen LogP contribution in [0, 0.1) is 0 Å². The zero-order chi connectivity index (χ0) is 14.4. The Morgan fingerprint density at radius 1 is 1.42 bits per heavy atom. The summed E-state index contributed by atoms with van der Waals surface area (Å²) in [6.45, 7) is 2.06. The molecule has 19 heavy (non-hydrogen) atoms. The molecule has 0 bridgehead atoms. The van der Waals surface area contributed by atoms with Gasteiger partial charge in [-0.25, -0.2) is 0 Å². The molecule has 0 aromatic carbocycles. The lowest BCUT2D eigenvalue weighted by Gasteiger charge is -2.27. The van der Waals surface area contributed by atoms with Crippen molar-refractivity contribution in [2.24, 2.45) is 0 Å². The summed E-state index contributed by atoms with van der Waals surface area (Å²) in [4.78, 5) is 21.9. The van der Waals surface area contributed by atoms with Gasteiger partial charge in [-0.3, -0.25) is 9.59 Å². The number of aliphatic hydroxyl groups is 2. The molecule has 0 aromatic heterocycles. The highest BCUT2D eigenvalue weighted by Gasteiger charge is 2.35. The molecule has 1 heterocycles. The van der Waals surface area contributed by atoms with Gasteiger partial charge in [0.15, 0.2) is 6.10 Å². The molecule has 0 fully saturated rings. The summed E-state index contributed by atoms with van der Waals surface area (Å²) < 4.78 is 15.1. The summed E-state index contributed by atoms with van der Waals surface area (Å²) >= 11 is 0. The van der Waals surface area contributed by atoms with Gasteiger partial charge in [-0.1, -0.05) is 6.08 Å². The number of carbonyl (C=O) groups excluding carboxylic acids is 2. The van der Waals surface area contributed by atoms with E-state index in [0.717, 1.165) is 0 Å². The standard InChI is InChI=1S/C12H18O7/c1-7(14)18-6-9-3-4-17-10(5-13)11(16)12(9)19-8(2)15/h3,10-13,16H,4-6H2,1-2H3/t10-,11+,12+/m1/s1. The molecule has 0 saturated heterocycles. The minimum Gasteiger partial charge on any atom is -0.461 e. The van der Waals surface area contributed by atoms with Crippen LogP contribution in [0.25, 0.3) is 0 Å². The first kappa shape index (κ1) is 15.6. The van der Waals surface area contributed by atoms with E-state index in [1.54, 1.807) is 6.08 Å². The van der Waals surface area contributed by atoms with Gasteiger partial charge in [0, 0.05) is 19.4 Å². The van der Waals surface area contributed by atoms with Crippen LogP contribution in [-0.2, 0) is 23.8 Å². The minimum atomic E-state index is -1.22. The van der Waals surface area contributed by atoms with Crippen LogP contribution in [-0.4, -0.2) is 60.3 Å². The van der Waals surface area contributed by atoms with E-state index in [0.29, 0.717) is 5.57 Å². The van der Waals surface area contributed by atoms with E-state index in [9.17, 15) is 14.7 Å². The molecule has 0 radical (unpaired) electrons. The first-order chi connectivity index (χ1) is 8.95. The number of esters is 2. The van der Waals surface area contributed by atoms with E-state index in [2.05, 4.69) is 0 Å². The Kier molecular flexibility index (Phi) is 5.94. The van der Waals surface area contributed by atoms with Crippen LogP contribution in [0.3, 0.4) is 0 Å². The first-order valence-electron chi connectivity index (χ1n) is 5.85. The summed E-state index contributed by atoms with van der Waals surface area (Å²) in [6, 6.07) is 0. The fraction of sp³-hybridized carbons (Fsp3) is 0.667. The molecule has 1 rings (SSSR count). The topological polar surface area (TPSA) is 102 Å². The minimum absolute atomic E-state index is 0.105. The maximum absolute atomic E-state index is 11.1. The number of aliphatic hydroxyl groups excluding tert-OH is 2. The third-order valence-electron chi connectivity index (χ3n) is 2.63. The molecule has 0 unspecified atom stereocenters. The monoisotopic (exact) mass is 274 g/mol. The average Bonchev–Trinajstić information content (AvgIpc) is 2.47. The first-order valence-corrected chi connectivity index (χ1v) is 5.85. The van der Waals surface area contributed by atoms with Crippen molar-refractivity contribution < 1.29 is 34.0 Å². The summed E-state index contributed by atoms with van der Waals surface area (Å²) in [5.74, 6) is -1.07. The highest BCUT2D eigenvalue weighted by atomic mass is 16.6. The van der Waals surface area contributed by atoms with Gasteiger partial charge in [0.1, 0.15) is 18.8 Å². The number of hydrogen-bond acceptors (Lipinski definition) is 7. The van der Waals surface area contributed by atoms with Crippen LogP contribution in [0.4, 0.5) is 0 Å². The van der Waals surface area contributed by atoms with E-state index >= 15 is 0 Å². The van der Waals surface area contributed by atoms with E-state index in [1.165, 1.54) is 13.8 Å². The molecule has 0 spiro atoms. The number of ether oxygens (including phenoxy) is 3. The van der Waals surface area contributed by atoms with Crippen molar-refractivity contribution in [3.63, 3.8) is 0 Å². The molecule has 0 aromatic rings. The molecule has 0 amide bonds. The number of carbonyl (C=O) groups is 2. The third kappa shape index (κ3) is 4.62. The lowest BCUT2D eigenvalue weighted by Crippen LogP contribution is -2.43. The SMILES string of the molecule is CC(=O)OCC1=CCO[C@H](CO)[C@H](O)[C@H]1OC(C)=O. The van der Waals surface area contributed by atoms with Crippen molar-refractivity contribution in [1.82, 2.24) is 0 Å². The Balaban J connectivity index is 2.86. The second kappa shape index (κ2) is 7.22. The normalized spacial score (nSPS) is 27.2. The van der Waals surface area contributed by atoms with Gasteiger partial charge in [-0.2, -0.15) is 0 Å². The van der Waals surface area contributed by atoms with Crippen LogP contribution < -0.4 is 0 Å². The van der Waals surface area contributed by atoms with Gasteiger partial charge in [0.05, 0.1) is 13.2 Å². The molecular formula is C12H18O7. The van der Waals surface area contributed by atoms with Crippen molar-refractivity contribution in [2.75, 3.05) is 19.8 Å². The van der Waals surface area contributed by atoms with Crippen LogP contribution >= 0.6 is 0 Å². The predicted octanol–water partition coefficient (Wildman–Crippen LogP) is -0.840. The third-order valence-corrected chi connectivity index (χ3v) is 2.63. The maximum atomic E-state index is 11.1. The van der Waals surface area contributed by atoms with Gasteiger partial charge >= 0.3 is 11.9 Å². The molecule has 7 heteroatoms. The van der Waals surface area contributed by atoms with Crippen molar-refractivity contribution in [3.8, 4) is 0 Å². The zero-order valence-electron chi connectivity index (χ0n) is 10.9.